The van der Waals surface area contributed by atoms with Gasteiger partial charge >= 0.3 is 0 Å². The predicted molar refractivity (Wildman–Crippen MR) is 94.3 cm³/mol. The van der Waals surface area contributed by atoms with Gasteiger partial charge in [-0.3, -0.25) is 14.5 Å². The largest absolute Gasteiger partial charge is 0.330 e. The number of aryl methyl sites for hydroxylation is 1. The first kappa shape index (κ1) is 16.8. The lowest BCUT2D eigenvalue weighted by molar-refractivity contribution is -0.134. The molecule has 0 saturated heterocycles. The van der Waals surface area contributed by atoms with Crippen LogP contribution in [-0.4, -0.2) is 30.6 Å². The van der Waals surface area contributed by atoms with Gasteiger partial charge in [-0.25, -0.2) is 4.98 Å². The van der Waals surface area contributed by atoms with Gasteiger partial charge in [0.2, 0.25) is 5.91 Å². The number of amides is 1. The molecule has 2 heterocycles. The maximum Gasteiger partial charge on any atom is 0.225 e. The number of benzene rings is 1. The van der Waals surface area contributed by atoms with E-state index in [0.717, 1.165) is 11.3 Å². The molecule has 0 aliphatic rings. The molecule has 0 aliphatic carbocycles. The van der Waals surface area contributed by atoms with Crippen molar-refractivity contribution in [2.45, 2.75) is 32.5 Å². The van der Waals surface area contributed by atoms with E-state index in [9.17, 15) is 4.79 Å². The van der Waals surface area contributed by atoms with Crippen LogP contribution in [0.15, 0.2) is 67.4 Å². The van der Waals surface area contributed by atoms with Crippen LogP contribution >= 0.6 is 0 Å². The molecule has 3 aromatic rings. The third-order valence-corrected chi connectivity index (χ3v) is 4.12. The zero-order valence-corrected chi connectivity index (χ0v) is 14.2. The number of rotatable bonds is 7. The molecule has 6 heteroatoms. The number of hydrogen-bond donors (Lipinski definition) is 0. The van der Waals surface area contributed by atoms with Crippen LogP contribution in [0.4, 0.5) is 0 Å². The van der Waals surface area contributed by atoms with E-state index in [1.54, 1.807) is 17.2 Å². The Morgan fingerprint density at radius 3 is 2.64 bits per heavy atom. The van der Waals surface area contributed by atoms with Crippen molar-refractivity contribution < 1.29 is 4.79 Å². The molecular weight excluding hydrogens is 314 g/mol. The highest BCUT2D eigenvalue weighted by Crippen LogP contribution is 2.21. The average molecular weight is 335 g/mol. The highest BCUT2D eigenvalue weighted by Gasteiger charge is 2.22. The summed E-state index contributed by atoms with van der Waals surface area (Å²) in [5.41, 5.74) is 1.98. The predicted octanol–water partition coefficient (Wildman–Crippen LogP) is 2.85. The first-order valence-corrected chi connectivity index (χ1v) is 8.31. The van der Waals surface area contributed by atoms with Crippen LogP contribution in [0.2, 0.25) is 0 Å². The van der Waals surface area contributed by atoms with E-state index in [4.69, 9.17) is 0 Å². The minimum absolute atomic E-state index is 0.0671. The normalized spacial score (nSPS) is 11.9. The highest BCUT2D eigenvalue weighted by molar-refractivity contribution is 5.76. The van der Waals surface area contributed by atoms with Crippen molar-refractivity contribution in [1.29, 1.82) is 0 Å². The Kier molecular flexibility index (Phi) is 5.51. The van der Waals surface area contributed by atoms with Gasteiger partial charge in [-0.15, -0.1) is 0 Å². The maximum atomic E-state index is 12.9. The fourth-order valence-electron chi connectivity index (χ4n) is 2.71. The van der Waals surface area contributed by atoms with Crippen molar-refractivity contribution in [2.75, 3.05) is 0 Å². The quantitative estimate of drug-likeness (QED) is 0.666. The van der Waals surface area contributed by atoms with Crippen LogP contribution < -0.4 is 0 Å². The van der Waals surface area contributed by atoms with E-state index >= 15 is 0 Å². The van der Waals surface area contributed by atoms with E-state index in [-0.39, 0.29) is 11.9 Å². The molecule has 1 amide bonds. The van der Waals surface area contributed by atoms with Crippen LogP contribution in [-0.2, 0) is 17.9 Å². The molecule has 1 atom stereocenters. The number of carbonyl (C=O) groups is 1. The molecule has 0 unspecified atom stereocenters. The molecule has 0 radical (unpaired) electrons. The molecule has 6 nitrogen and oxygen atoms in total. The second-order valence-electron chi connectivity index (χ2n) is 5.85. The number of nitrogens with zero attached hydrogens (tertiary/aromatic N) is 5. The molecule has 2 aromatic heterocycles. The molecule has 0 aliphatic heterocycles. The third-order valence-electron chi connectivity index (χ3n) is 4.12. The summed E-state index contributed by atoms with van der Waals surface area (Å²) < 4.78 is 1.67. The Balaban J connectivity index is 1.76. The number of aromatic nitrogens is 4. The highest BCUT2D eigenvalue weighted by atomic mass is 16.2. The van der Waals surface area contributed by atoms with E-state index in [0.29, 0.717) is 19.5 Å². The summed E-state index contributed by atoms with van der Waals surface area (Å²) in [5, 5.41) is 4.06. The van der Waals surface area contributed by atoms with Gasteiger partial charge in [-0.1, -0.05) is 36.4 Å². The SMILES string of the molecule is C[C@H](c1ccccn1)N(Cc1ccccc1)C(=O)CCn1cncn1. The summed E-state index contributed by atoms with van der Waals surface area (Å²) in [7, 11) is 0. The van der Waals surface area contributed by atoms with Crippen LogP contribution in [0.1, 0.15) is 30.6 Å². The fraction of sp³-hybridized carbons (Fsp3) is 0.263. The second kappa shape index (κ2) is 8.19. The fourth-order valence-corrected chi connectivity index (χ4v) is 2.71. The van der Waals surface area contributed by atoms with E-state index < -0.39 is 0 Å². The molecule has 25 heavy (non-hydrogen) atoms. The molecule has 0 bridgehead atoms. The summed E-state index contributed by atoms with van der Waals surface area (Å²) in [6.07, 6.45) is 5.22. The van der Waals surface area contributed by atoms with Crippen molar-refractivity contribution in [3.63, 3.8) is 0 Å². The molecule has 0 N–H and O–H groups in total. The molecule has 0 fully saturated rings. The Labute approximate surface area is 147 Å². The lowest BCUT2D eigenvalue weighted by Gasteiger charge is -2.29. The van der Waals surface area contributed by atoms with Gasteiger partial charge < -0.3 is 4.90 Å². The van der Waals surface area contributed by atoms with Gasteiger partial charge in [0.1, 0.15) is 12.7 Å². The van der Waals surface area contributed by atoms with Crippen LogP contribution in [0.3, 0.4) is 0 Å². The molecule has 1 aromatic carbocycles. The van der Waals surface area contributed by atoms with Gasteiger partial charge in [0, 0.05) is 19.2 Å². The van der Waals surface area contributed by atoms with Crippen molar-refractivity contribution in [1.82, 2.24) is 24.6 Å². The minimum Gasteiger partial charge on any atom is -0.330 e. The van der Waals surface area contributed by atoms with Crippen molar-refractivity contribution >= 4 is 5.91 Å². The summed E-state index contributed by atoms with van der Waals surface area (Å²) in [4.78, 5) is 23.1. The minimum atomic E-state index is -0.107. The van der Waals surface area contributed by atoms with E-state index in [1.165, 1.54) is 6.33 Å². The summed E-state index contributed by atoms with van der Waals surface area (Å²) in [6, 6.07) is 15.7. The van der Waals surface area contributed by atoms with E-state index in [1.807, 2.05) is 60.4 Å². The molecule has 0 spiro atoms. The van der Waals surface area contributed by atoms with Crippen LogP contribution in [0.25, 0.3) is 0 Å². The average Bonchev–Trinajstić information content (AvgIpc) is 3.19. The van der Waals surface area contributed by atoms with Gasteiger partial charge in [0.15, 0.2) is 0 Å². The maximum absolute atomic E-state index is 12.9. The van der Waals surface area contributed by atoms with Gasteiger partial charge in [-0.2, -0.15) is 5.10 Å². The number of pyridine rings is 1. The first-order chi connectivity index (χ1) is 12.2. The number of hydrogen-bond acceptors (Lipinski definition) is 4. The zero-order chi connectivity index (χ0) is 17.5. The first-order valence-electron chi connectivity index (χ1n) is 8.31. The molecule has 0 saturated carbocycles. The van der Waals surface area contributed by atoms with Crippen molar-refractivity contribution in [3.05, 3.63) is 78.6 Å². The van der Waals surface area contributed by atoms with Crippen molar-refractivity contribution in [3.8, 4) is 0 Å². The Morgan fingerprint density at radius 1 is 1.16 bits per heavy atom. The summed E-state index contributed by atoms with van der Waals surface area (Å²) in [6.45, 7) is 3.08. The second-order valence-corrected chi connectivity index (χ2v) is 5.85. The van der Waals surface area contributed by atoms with Crippen molar-refractivity contribution in [2.24, 2.45) is 0 Å². The Bertz CT molecular complexity index is 774. The topological polar surface area (TPSA) is 63.9 Å². The summed E-state index contributed by atoms with van der Waals surface area (Å²) >= 11 is 0. The molecular formula is C19H21N5O. The van der Waals surface area contributed by atoms with Gasteiger partial charge in [0.25, 0.3) is 0 Å². The summed E-state index contributed by atoms with van der Waals surface area (Å²) in [5.74, 6) is 0.0671. The number of carbonyl (C=O) groups excluding carboxylic acids is 1. The lowest BCUT2D eigenvalue weighted by atomic mass is 10.1. The zero-order valence-electron chi connectivity index (χ0n) is 14.2. The Morgan fingerprint density at radius 2 is 1.96 bits per heavy atom. The standard InChI is InChI=1S/C19H21N5O/c1-16(18-9-5-6-11-21-18)24(13-17-7-3-2-4-8-17)19(25)10-12-23-15-20-14-22-23/h2-9,11,14-16H,10,12-13H2,1H3/t16-/m1/s1. The van der Waals surface area contributed by atoms with Crippen LogP contribution in [0, 0.1) is 0 Å². The monoisotopic (exact) mass is 335 g/mol. The Hall–Kier alpha value is -3.02. The van der Waals surface area contributed by atoms with Gasteiger partial charge in [-0.05, 0) is 24.6 Å². The van der Waals surface area contributed by atoms with E-state index in [2.05, 4.69) is 15.1 Å². The smallest absolute Gasteiger partial charge is 0.225 e. The molecule has 3 rings (SSSR count). The molecule has 128 valence electrons. The lowest BCUT2D eigenvalue weighted by Crippen LogP contribution is -2.34. The van der Waals surface area contributed by atoms with Gasteiger partial charge in [0.05, 0.1) is 18.3 Å². The van der Waals surface area contributed by atoms with Crippen LogP contribution in [0.5, 0.6) is 0 Å². The third kappa shape index (κ3) is 4.50.